The average molecular weight is 453 g/mol. The van der Waals surface area contributed by atoms with Gasteiger partial charge in [0.05, 0.1) is 36.8 Å². The molecule has 3 rings (SSSR count). The molecule has 0 aliphatic heterocycles. The number of pyridine rings is 1. The van der Waals surface area contributed by atoms with Gasteiger partial charge < -0.3 is 24.8 Å². The lowest BCUT2D eigenvalue weighted by molar-refractivity contribution is 0.398. The summed E-state index contributed by atoms with van der Waals surface area (Å²) < 4.78 is 13.6. The van der Waals surface area contributed by atoms with Crippen molar-refractivity contribution in [2.75, 3.05) is 35.8 Å². The fraction of sp³-hybridized carbons (Fsp3) is 0.167. The van der Waals surface area contributed by atoms with E-state index in [0.717, 1.165) is 17.1 Å². The number of nitrogens with one attached hydrogen (secondary N) is 3. The molecule has 29 heavy (non-hydrogen) atoms. The van der Waals surface area contributed by atoms with E-state index in [4.69, 9.17) is 32.7 Å². The molecule has 0 atom stereocenters. The second kappa shape index (κ2) is 9.73. The van der Waals surface area contributed by atoms with Gasteiger partial charge in [-0.25, -0.2) is 4.98 Å². The van der Waals surface area contributed by atoms with Crippen LogP contribution in [0.25, 0.3) is 0 Å². The molecule has 3 N–H and O–H groups in total. The second-order valence-electron chi connectivity index (χ2n) is 5.54. The minimum Gasteiger partial charge on any atom is -0.497 e. The van der Waals surface area contributed by atoms with Gasteiger partial charge in [0.25, 0.3) is 0 Å². The van der Waals surface area contributed by atoms with Gasteiger partial charge in [-0.3, -0.25) is 0 Å². The van der Waals surface area contributed by atoms with Gasteiger partial charge in [-0.1, -0.05) is 35.1 Å². The molecule has 0 spiro atoms. The zero-order valence-electron chi connectivity index (χ0n) is 15.8. The second-order valence-corrected chi connectivity index (χ2v) is 6.97. The standard InChI is InChI=1S/C18H18Cl2N6O2S/c1-27-10-4-6-13(14(8-10)26-29-3)22-17-12(20)9-21-18(25-17)24-16-11(19)5-7-15(23-16)28-2/h4-9,26H,1-3H3,(H2,21,22,23,24,25). The Bertz CT molecular complexity index is 1010. The topological polar surface area (TPSA) is 93.2 Å². The number of aromatic nitrogens is 3. The van der Waals surface area contributed by atoms with Crippen LogP contribution in [0.5, 0.6) is 11.6 Å². The molecular formula is C18H18Cl2N6O2S. The summed E-state index contributed by atoms with van der Waals surface area (Å²) in [7, 11) is 3.14. The Morgan fingerprint density at radius 2 is 1.69 bits per heavy atom. The Kier molecular flexibility index (Phi) is 7.08. The van der Waals surface area contributed by atoms with Gasteiger partial charge in [0, 0.05) is 18.4 Å². The molecule has 0 aliphatic rings. The molecule has 0 radical (unpaired) electrons. The number of ether oxygens (including phenoxy) is 2. The summed E-state index contributed by atoms with van der Waals surface area (Å²) in [4.78, 5) is 12.9. The summed E-state index contributed by atoms with van der Waals surface area (Å²) in [5, 5.41) is 6.94. The van der Waals surface area contributed by atoms with E-state index >= 15 is 0 Å². The smallest absolute Gasteiger partial charge is 0.230 e. The predicted molar refractivity (Wildman–Crippen MR) is 120 cm³/mol. The number of anilines is 5. The number of halogens is 2. The summed E-state index contributed by atoms with van der Waals surface area (Å²) in [6.07, 6.45) is 3.41. The predicted octanol–water partition coefficient (Wildman–Crippen LogP) is 5.37. The van der Waals surface area contributed by atoms with Crippen LogP contribution >= 0.6 is 35.1 Å². The van der Waals surface area contributed by atoms with Crippen molar-refractivity contribution in [3.63, 3.8) is 0 Å². The number of hydrogen-bond acceptors (Lipinski definition) is 9. The van der Waals surface area contributed by atoms with Gasteiger partial charge in [-0.15, -0.1) is 0 Å². The third-order valence-corrected chi connectivity index (χ3v) is 4.70. The molecule has 2 heterocycles. The Morgan fingerprint density at radius 1 is 0.897 bits per heavy atom. The third-order valence-electron chi connectivity index (χ3n) is 3.70. The summed E-state index contributed by atoms with van der Waals surface area (Å²) in [6.45, 7) is 0. The van der Waals surface area contributed by atoms with Gasteiger partial charge in [0.1, 0.15) is 10.8 Å². The fourth-order valence-corrected chi connectivity index (χ4v) is 3.01. The lowest BCUT2D eigenvalue weighted by Crippen LogP contribution is -2.04. The van der Waals surface area contributed by atoms with Crippen LogP contribution in [-0.2, 0) is 0 Å². The quantitative estimate of drug-likeness (QED) is 0.389. The van der Waals surface area contributed by atoms with Gasteiger partial charge in [-0.05, 0) is 18.2 Å². The van der Waals surface area contributed by atoms with Gasteiger partial charge >= 0.3 is 0 Å². The van der Waals surface area contributed by atoms with Crippen LogP contribution in [0.15, 0.2) is 36.5 Å². The number of hydrogen-bond donors (Lipinski definition) is 3. The molecule has 0 saturated heterocycles. The average Bonchev–Trinajstić information content (AvgIpc) is 2.73. The molecule has 0 fully saturated rings. The van der Waals surface area contributed by atoms with Crippen LogP contribution in [0.3, 0.4) is 0 Å². The number of benzene rings is 1. The molecule has 0 saturated carbocycles. The largest absolute Gasteiger partial charge is 0.497 e. The highest BCUT2D eigenvalue weighted by Gasteiger charge is 2.12. The van der Waals surface area contributed by atoms with E-state index < -0.39 is 0 Å². The van der Waals surface area contributed by atoms with Crippen molar-refractivity contribution in [3.8, 4) is 11.6 Å². The van der Waals surface area contributed by atoms with E-state index in [-0.39, 0.29) is 5.95 Å². The van der Waals surface area contributed by atoms with Crippen LogP contribution in [0.1, 0.15) is 0 Å². The molecule has 0 bridgehead atoms. The van der Waals surface area contributed by atoms with Crippen molar-refractivity contribution in [1.82, 2.24) is 15.0 Å². The molecule has 3 aromatic rings. The Balaban J connectivity index is 1.89. The Hall–Kier alpha value is -2.62. The lowest BCUT2D eigenvalue weighted by atomic mass is 10.2. The van der Waals surface area contributed by atoms with E-state index in [2.05, 4.69) is 30.3 Å². The SMILES string of the molecule is COc1ccc(Nc2nc(Nc3nc(OC)ccc3Cl)ncc2Cl)c(NSC)c1. The first-order chi connectivity index (χ1) is 14.0. The first kappa shape index (κ1) is 21.1. The van der Waals surface area contributed by atoms with Crippen molar-refractivity contribution < 1.29 is 9.47 Å². The zero-order chi connectivity index (χ0) is 20.8. The first-order valence-electron chi connectivity index (χ1n) is 8.28. The van der Waals surface area contributed by atoms with E-state index in [1.807, 2.05) is 24.5 Å². The summed E-state index contributed by atoms with van der Waals surface area (Å²) in [5.74, 6) is 2.19. The molecule has 0 unspecified atom stereocenters. The van der Waals surface area contributed by atoms with E-state index in [9.17, 15) is 0 Å². The Labute approximate surface area is 182 Å². The highest BCUT2D eigenvalue weighted by atomic mass is 35.5. The number of methoxy groups -OCH3 is 2. The van der Waals surface area contributed by atoms with Gasteiger partial charge in [0.15, 0.2) is 11.6 Å². The van der Waals surface area contributed by atoms with E-state index in [0.29, 0.717) is 27.6 Å². The molecule has 2 aromatic heterocycles. The highest BCUT2D eigenvalue weighted by molar-refractivity contribution is 7.99. The maximum absolute atomic E-state index is 6.29. The number of nitrogens with zero attached hydrogens (tertiary/aromatic N) is 3. The fourth-order valence-electron chi connectivity index (χ4n) is 2.33. The van der Waals surface area contributed by atoms with Crippen LogP contribution in [-0.4, -0.2) is 35.4 Å². The normalized spacial score (nSPS) is 10.4. The van der Waals surface area contributed by atoms with Gasteiger partial charge in [0.2, 0.25) is 11.8 Å². The zero-order valence-corrected chi connectivity index (χ0v) is 18.1. The van der Waals surface area contributed by atoms with Gasteiger partial charge in [-0.2, -0.15) is 9.97 Å². The lowest BCUT2D eigenvalue weighted by Gasteiger charge is -2.15. The molecule has 8 nitrogen and oxygen atoms in total. The van der Waals surface area contributed by atoms with Crippen LogP contribution < -0.4 is 24.8 Å². The number of rotatable bonds is 8. The molecule has 1 aromatic carbocycles. The third kappa shape index (κ3) is 5.26. The highest BCUT2D eigenvalue weighted by Crippen LogP contribution is 2.33. The Morgan fingerprint density at radius 3 is 2.41 bits per heavy atom. The summed E-state index contributed by atoms with van der Waals surface area (Å²) >= 11 is 13.9. The molecule has 0 aliphatic carbocycles. The van der Waals surface area contributed by atoms with Crippen LogP contribution in [0.2, 0.25) is 10.0 Å². The van der Waals surface area contributed by atoms with Crippen molar-refractivity contribution in [1.29, 1.82) is 0 Å². The molecule has 11 heteroatoms. The maximum Gasteiger partial charge on any atom is 0.230 e. The molecule has 152 valence electrons. The maximum atomic E-state index is 6.29. The van der Waals surface area contributed by atoms with Crippen molar-refractivity contribution in [2.45, 2.75) is 0 Å². The van der Waals surface area contributed by atoms with Crippen LogP contribution in [0.4, 0.5) is 29.0 Å². The first-order valence-corrected chi connectivity index (χ1v) is 10.3. The van der Waals surface area contributed by atoms with Crippen molar-refractivity contribution in [2.24, 2.45) is 0 Å². The summed E-state index contributed by atoms with van der Waals surface area (Å²) in [6, 6.07) is 8.90. The van der Waals surface area contributed by atoms with Crippen molar-refractivity contribution >= 4 is 64.1 Å². The van der Waals surface area contributed by atoms with E-state index in [1.54, 1.807) is 19.2 Å². The minimum absolute atomic E-state index is 0.271. The molecular weight excluding hydrogens is 435 g/mol. The monoisotopic (exact) mass is 452 g/mol. The van der Waals surface area contributed by atoms with Crippen molar-refractivity contribution in [3.05, 3.63) is 46.6 Å². The summed E-state index contributed by atoms with van der Waals surface area (Å²) in [5.41, 5.74) is 1.59. The molecule has 0 amide bonds. The minimum atomic E-state index is 0.271. The van der Waals surface area contributed by atoms with E-state index in [1.165, 1.54) is 25.3 Å². The van der Waals surface area contributed by atoms with Crippen LogP contribution in [0, 0.1) is 0 Å².